The minimum absolute atomic E-state index is 0.688. The Balaban J connectivity index is 1.81. The largest absolute Gasteiger partial charge is 0.383 e. The summed E-state index contributed by atoms with van der Waals surface area (Å²) < 4.78 is 7.27. The van der Waals surface area contributed by atoms with Crippen molar-refractivity contribution in [1.29, 1.82) is 0 Å². The maximum absolute atomic E-state index is 5.26. The van der Waals surface area contributed by atoms with Gasteiger partial charge in [0.25, 0.3) is 0 Å². The Morgan fingerprint density at radius 3 is 2.68 bits per heavy atom. The van der Waals surface area contributed by atoms with Crippen molar-refractivity contribution in [3.63, 3.8) is 0 Å². The minimum Gasteiger partial charge on any atom is -0.383 e. The van der Waals surface area contributed by atoms with Gasteiger partial charge in [-0.05, 0) is 18.1 Å². The van der Waals surface area contributed by atoms with Gasteiger partial charge in [-0.2, -0.15) is 0 Å². The van der Waals surface area contributed by atoms with Gasteiger partial charge in [0, 0.05) is 38.8 Å². The van der Waals surface area contributed by atoms with Gasteiger partial charge < -0.3 is 9.64 Å². The number of rotatable bonds is 7. The number of aromatic nitrogens is 3. The van der Waals surface area contributed by atoms with E-state index in [9.17, 15) is 0 Å². The molecule has 0 aliphatic carbocycles. The molecule has 0 saturated heterocycles. The second-order valence-electron chi connectivity index (χ2n) is 5.12. The van der Waals surface area contributed by atoms with Crippen LogP contribution >= 0.6 is 0 Å². The van der Waals surface area contributed by atoms with Crippen molar-refractivity contribution in [1.82, 2.24) is 14.4 Å². The molecule has 3 rings (SSSR count). The number of anilines is 1. The number of hydrogen-bond donors (Lipinski definition) is 0. The zero-order valence-corrected chi connectivity index (χ0v) is 12.7. The lowest BCUT2D eigenvalue weighted by molar-refractivity contribution is 0.205. The van der Waals surface area contributed by atoms with Crippen molar-refractivity contribution in [3.05, 3.63) is 60.6 Å². The second kappa shape index (κ2) is 7.04. The SMILES string of the molecule is COCCN(CCc1ccccc1)c1ccnc2nccn12. The molecular weight excluding hydrogens is 276 g/mol. The van der Waals surface area contributed by atoms with E-state index in [0.717, 1.165) is 31.1 Å². The first-order chi connectivity index (χ1) is 10.9. The fourth-order valence-corrected chi connectivity index (χ4v) is 2.53. The summed E-state index contributed by atoms with van der Waals surface area (Å²) in [4.78, 5) is 10.8. The van der Waals surface area contributed by atoms with Gasteiger partial charge in [0.2, 0.25) is 5.78 Å². The van der Waals surface area contributed by atoms with Crippen LogP contribution in [0.15, 0.2) is 55.0 Å². The normalized spacial score (nSPS) is 11.0. The van der Waals surface area contributed by atoms with Crippen LogP contribution in [-0.4, -0.2) is 41.2 Å². The van der Waals surface area contributed by atoms with E-state index >= 15 is 0 Å². The molecule has 0 bridgehead atoms. The molecule has 0 N–H and O–H groups in total. The Bertz CT molecular complexity index is 711. The summed E-state index contributed by atoms with van der Waals surface area (Å²) in [6.07, 6.45) is 6.51. The molecule has 3 aromatic rings. The van der Waals surface area contributed by atoms with E-state index < -0.39 is 0 Å². The zero-order valence-electron chi connectivity index (χ0n) is 12.7. The number of ether oxygens (including phenoxy) is 1. The van der Waals surface area contributed by atoms with Gasteiger partial charge in [-0.1, -0.05) is 30.3 Å². The van der Waals surface area contributed by atoms with Crippen LogP contribution in [0.3, 0.4) is 0 Å². The number of fused-ring (bicyclic) bond motifs is 1. The van der Waals surface area contributed by atoms with E-state index in [0.29, 0.717) is 6.61 Å². The van der Waals surface area contributed by atoms with Gasteiger partial charge in [-0.25, -0.2) is 9.97 Å². The molecule has 0 amide bonds. The third-order valence-corrected chi connectivity index (χ3v) is 3.68. The molecule has 5 heteroatoms. The fourth-order valence-electron chi connectivity index (χ4n) is 2.53. The summed E-state index contributed by atoms with van der Waals surface area (Å²) >= 11 is 0. The van der Waals surface area contributed by atoms with E-state index in [4.69, 9.17) is 4.74 Å². The van der Waals surface area contributed by atoms with E-state index in [1.807, 2.05) is 22.7 Å². The monoisotopic (exact) mass is 296 g/mol. The molecule has 2 aromatic heterocycles. The van der Waals surface area contributed by atoms with Crippen LogP contribution in [0.25, 0.3) is 5.78 Å². The van der Waals surface area contributed by atoms with Crippen molar-refractivity contribution in [2.45, 2.75) is 6.42 Å². The highest BCUT2D eigenvalue weighted by Gasteiger charge is 2.11. The van der Waals surface area contributed by atoms with Gasteiger partial charge >= 0.3 is 0 Å². The number of methoxy groups -OCH3 is 1. The summed E-state index contributed by atoms with van der Waals surface area (Å²) in [5.74, 6) is 1.81. The molecule has 0 saturated carbocycles. The highest BCUT2D eigenvalue weighted by Crippen LogP contribution is 2.15. The zero-order chi connectivity index (χ0) is 15.2. The molecule has 0 atom stereocenters. The molecule has 2 heterocycles. The fraction of sp³-hybridized carbons (Fsp3) is 0.294. The Hall–Kier alpha value is -2.40. The Morgan fingerprint density at radius 2 is 1.86 bits per heavy atom. The van der Waals surface area contributed by atoms with Crippen molar-refractivity contribution >= 4 is 11.6 Å². The average molecular weight is 296 g/mol. The predicted octanol–water partition coefficient (Wildman–Crippen LogP) is 2.42. The minimum atomic E-state index is 0.688. The molecule has 0 aliphatic rings. The van der Waals surface area contributed by atoms with Gasteiger partial charge in [-0.15, -0.1) is 0 Å². The van der Waals surface area contributed by atoms with Crippen LogP contribution in [0.4, 0.5) is 5.82 Å². The topological polar surface area (TPSA) is 42.7 Å². The summed E-state index contributed by atoms with van der Waals surface area (Å²) in [6.45, 7) is 2.44. The lowest BCUT2D eigenvalue weighted by atomic mass is 10.1. The average Bonchev–Trinajstić information content (AvgIpc) is 3.05. The molecule has 0 spiro atoms. The van der Waals surface area contributed by atoms with Crippen LogP contribution in [0, 0.1) is 0 Å². The molecule has 5 nitrogen and oxygen atoms in total. The number of nitrogens with zero attached hydrogens (tertiary/aromatic N) is 4. The van der Waals surface area contributed by atoms with Gasteiger partial charge in [0.15, 0.2) is 0 Å². The summed E-state index contributed by atoms with van der Waals surface area (Å²) in [6, 6.07) is 12.5. The highest BCUT2D eigenvalue weighted by molar-refractivity contribution is 5.46. The molecule has 114 valence electrons. The second-order valence-corrected chi connectivity index (χ2v) is 5.12. The Morgan fingerprint density at radius 1 is 1.05 bits per heavy atom. The first-order valence-electron chi connectivity index (χ1n) is 7.44. The van der Waals surface area contributed by atoms with Crippen molar-refractivity contribution in [2.24, 2.45) is 0 Å². The van der Waals surface area contributed by atoms with Crippen LogP contribution in [0.1, 0.15) is 5.56 Å². The molecule has 1 aromatic carbocycles. The van der Waals surface area contributed by atoms with Crippen molar-refractivity contribution in [2.75, 3.05) is 31.7 Å². The van der Waals surface area contributed by atoms with E-state index in [2.05, 4.69) is 39.1 Å². The first kappa shape index (κ1) is 14.5. The lowest BCUT2D eigenvalue weighted by Crippen LogP contribution is -2.31. The van der Waals surface area contributed by atoms with Gasteiger partial charge in [0.1, 0.15) is 5.82 Å². The first-order valence-corrected chi connectivity index (χ1v) is 7.44. The molecule has 0 aliphatic heterocycles. The molecule has 22 heavy (non-hydrogen) atoms. The molecule has 0 fully saturated rings. The van der Waals surface area contributed by atoms with Crippen LogP contribution in [-0.2, 0) is 11.2 Å². The Labute approximate surface area is 130 Å². The smallest absolute Gasteiger partial charge is 0.235 e. The van der Waals surface area contributed by atoms with Gasteiger partial charge in [-0.3, -0.25) is 4.40 Å². The summed E-state index contributed by atoms with van der Waals surface area (Å²) in [5.41, 5.74) is 1.33. The maximum Gasteiger partial charge on any atom is 0.235 e. The molecular formula is C17H20N4O. The molecule has 0 unspecified atom stereocenters. The summed E-state index contributed by atoms with van der Waals surface area (Å²) in [5, 5.41) is 0. The van der Waals surface area contributed by atoms with Crippen LogP contribution < -0.4 is 4.90 Å². The van der Waals surface area contributed by atoms with E-state index in [1.165, 1.54) is 5.56 Å². The van der Waals surface area contributed by atoms with Gasteiger partial charge in [0.05, 0.1) is 6.61 Å². The third kappa shape index (κ3) is 3.26. The quantitative estimate of drug-likeness (QED) is 0.671. The standard InChI is InChI=1S/C17H20N4O/c1-22-14-13-20(11-8-15-5-3-2-4-6-15)16-7-9-18-17-19-10-12-21(16)17/h2-7,9-10,12H,8,11,13-14H2,1H3. The highest BCUT2D eigenvalue weighted by atomic mass is 16.5. The molecule has 0 radical (unpaired) electrons. The summed E-state index contributed by atoms with van der Waals surface area (Å²) in [7, 11) is 1.73. The van der Waals surface area contributed by atoms with Crippen molar-refractivity contribution in [3.8, 4) is 0 Å². The third-order valence-electron chi connectivity index (χ3n) is 3.68. The van der Waals surface area contributed by atoms with Crippen molar-refractivity contribution < 1.29 is 4.74 Å². The van der Waals surface area contributed by atoms with Crippen LogP contribution in [0.5, 0.6) is 0 Å². The number of imidazole rings is 1. The Kier molecular flexibility index (Phi) is 4.65. The van der Waals surface area contributed by atoms with E-state index in [1.54, 1.807) is 19.5 Å². The van der Waals surface area contributed by atoms with E-state index in [-0.39, 0.29) is 0 Å². The number of hydrogen-bond acceptors (Lipinski definition) is 4. The lowest BCUT2D eigenvalue weighted by Gasteiger charge is -2.25. The predicted molar refractivity (Wildman–Crippen MR) is 87.2 cm³/mol. The maximum atomic E-state index is 5.26. The van der Waals surface area contributed by atoms with Crippen LogP contribution in [0.2, 0.25) is 0 Å². The number of benzene rings is 1.